The lowest BCUT2D eigenvalue weighted by atomic mass is 10.2. The first-order valence-corrected chi connectivity index (χ1v) is 9.77. The van der Waals surface area contributed by atoms with Crippen molar-refractivity contribution in [1.82, 2.24) is 0 Å². The second kappa shape index (κ2) is 11.2. The summed E-state index contributed by atoms with van der Waals surface area (Å²) >= 11 is 1.03. The number of ether oxygens (including phenoxy) is 1. The molecule has 0 unspecified atom stereocenters. The first-order valence-electron chi connectivity index (χ1n) is 8.95. The van der Waals surface area contributed by atoms with Crippen molar-refractivity contribution < 1.29 is 14.5 Å². The number of carbonyl (C=O) groups excluding carboxylic acids is 1. The van der Waals surface area contributed by atoms with Crippen LogP contribution in [-0.2, 0) is 4.79 Å². The number of nitrogens with zero attached hydrogens (tertiary/aromatic N) is 1. The fourth-order valence-corrected chi connectivity index (χ4v) is 2.98. The van der Waals surface area contributed by atoms with E-state index in [2.05, 4.69) is 6.92 Å². The minimum atomic E-state index is -0.464. The van der Waals surface area contributed by atoms with Crippen molar-refractivity contribution in [3.05, 3.63) is 70.3 Å². The van der Waals surface area contributed by atoms with Crippen LogP contribution in [0, 0.1) is 10.1 Å². The zero-order valence-corrected chi connectivity index (χ0v) is 16.1. The second-order valence-electron chi connectivity index (χ2n) is 5.98. The standard InChI is InChI=1S/C21H23NO4S/c1-2-3-4-5-16-26-19-11-6-17(7-12-19)8-15-21(23)27-20-13-9-18(10-14-20)22(24)25/h6-15H,2-5,16H2,1H3. The molecule has 5 nitrogen and oxygen atoms in total. The first kappa shape index (κ1) is 20.7. The maximum atomic E-state index is 12.0. The van der Waals surface area contributed by atoms with Gasteiger partial charge in [0.2, 0.25) is 5.12 Å². The monoisotopic (exact) mass is 385 g/mol. The van der Waals surface area contributed by atoms with Gasteiger partial charge >= 0.3 is 0 Å². The molecule has 0 spiro atoms. The molecule has 0 saturated heterocycles. The normalized spacial score (nSPS) is 10.9. The Balaban J connectivity index is 1.80. The molecule has 6 heteroatoms. The highest BCUT2D eigenvalue weighted by atomic mass is 32.2. The van der Waals surface area contributed by atoms with Crippen LogP contribution in [-0.4, -0.2) is 16.6 Å². The molecule has 2 rings (SSSR count). The minimum Gasteiger partial charge on any atom is -0.494 e. The maximum absolute atomic E-state index is 12.0. The molecule has 0 aliphatic heterocycles. The van der Waals surface area contributed by atoms with E-state index >= 15 is 0 Å². The molecule has 0 aliphatic rings. The van der Waals surface area contributed by atoms with E-state index in [0.29, 0.717) is 4.90 Å². The highest BCUT2D eigenvalue weighted by Crippen LogP contribution is 2.23. The summed E-state index contributed by atoms with van der Waals surface area (Å²) in [6.07, 6.45) is 7.93. The Hall–Kier alpha value is -2.60. The van der Waals surface area contributed by atoms with Crippen molar-refractivity contribution in [2.75, 3.05) is 6.61 Å². The van der Waals surface area contributed by atoms with Crippen molar-refractivity contribution in [2.45, 2.75) is 37.5 Å². The van der Waals surface area contributed by atoms with Gasteiger partial charge in [-0.1, -0.05) is 44.4 Å². The summed E-state index contributed by atoms with van der Waals surface area (Å²) in [5.74, 6) is 0.829. The summed E-state index contributed by atoms with van der Waals surface area (Å²) in [6.45, 7) is 2.90. The molecule has 0 saturated carbocycles. The molecule has 0 heterocycles. The van der Waals surface area contributed by atoms with Gasteiger partial charge in [0.25, 0.3) is 5.69 Å². The molecule has 0 atom stereocenters. The van der Waals surface area contributed by atoms with Crippen molar-refractivity contribution >= 4 is 28.6 Å². The number of unbranched alkanes of at least 4 members (excludes halogenated alkanes) is 3. The molecule has 0 aliphatic carbocycles. The van der Waals surface area contributed by atoms with Gasteiger partial charge in [-0.15, -0.1) is 0 Å². The van der Waals surface area contributed by atoms with Crippen LogP contribution >= 0.6 is 11.8 Å². The molecule has 2 aromatic rings. The van der Waals surface area contributed by atoms with Crippen molar-refractivity contribution in [1.29, 1.82) is 0 Å². The van der Waals surface area contributed by atoms with Gasteiger partial charge in [0.15, 0.2) is 0 Å². The van der Waals surface area contributed by atoms with Gasteiger partial charge in [-0.05, 0) is 54.1 Å². The summed E-state index contributed by atoms with van der Waals surface area (Å²) in [5.41, 5.74) is 0.918. The van der Waals surface area contributed by atoms with E-state index < -0.39 is 4.92 Å². The number of benzene rings is 2. The SMILES string of the molecule is CCCCCCOc1ccc(C=CC(=O)Sc2ccc([N+](=O)[O-])cc2)cc1. The van der Waals surface area contributed by atoms with Crippen molar-refractivity contribution in [3.8, 4) is 5.75 Å². The summed E-state index contributed by atoms with van der Waals surface area (Å²) in [5, 5.41) is 10.5. The van der Waals surface area contributed by atoms with Crippen LogP contribution in [0.15, 0.2) is 59.5 Å². The number of hydrogen-bond donors (Lipinski definition) is 0. The Morgan fingerprint density at radius 1 is 1.07 bits per heavy atom. The van der Waals surface area contributed by atoms with E-state index in [0.717, 1.165) is 36.1 Å². The summed E-state index contributed by atoms with van der Waals surface area (Å²) in [6, 6.07) is 13.5. The summed E-state index contributed by atoms with van der Waals surface area (Å²) in [7, 11) is 0. The molecule has 0 aromatic heterocycles. The summed E-state index contributed by atoms with van der Waals surface area (Å²) in [4.78, 5) is 22.9. The van der Waals surface area contributed by atoms with E-state index in [-0.39, 0.29) is 10.8 Å². The Morgan fingerprint density at radius 2 is 1.78 bits per heavy atom. The smallest absolute Gasteiger partial charge is 0.269 e. The fourth-order valence-electron chi connectivity index (χ4n) is 2.34. The third kappa shape index (κ3) is 7.66. The van der Waals surface area contributed by atoms with E-state index in [9.17, 15) is 14.9 Å². The van der Waals surface area contributed by atoms with E-state index in [1.165, 1.54) is 37.5 Å². The van der Waals surface area contributed by atoms with Gasteiger partial charge in [-0.2, -0.15) is 0 Å². The highest BCUT2D eigenvalue weighted by Gasteiger charge is 2.06. The molecule has 142 valence electrons. The average Bonchev–Trinajstić information content (AvgIpc) is 2.67. The Bertz CT molecular complexity index is 770. The van der Waals surface area contributed by atoms with Gasteiger partial charge in [0.05, 0.1) is 11.5 Å². The second-order valence-corrected chi connectivity index (χ2v) is 7.06. The average molecular weight is 385 g/mol. The molecular weight excluding hydrogens is 362 g/mol. The third-order valence-electron chi connectivity index (χ3n) is 3.82. The quantitative estimate of drug-likeness (QED) is 0.168. The largest absolute Gasteiger partial charge is 0.494 e. The van der Waals surface area contributed by atoms with Crippen LogP contribution in [0.25, 0.3) is 6.08 Å². The summed E-state index contributed by atoms with van der Waals surface area (Å²) < 4.78 is 5.70. The maximum Gasteiger partial charge on any atom is 0.269 e. The topological polar surface area (TPSA) is 69.4 Å². The number of hydrogen-bond acceptors (Lipinski definition) is 5. The van der Waals surface area contributed by atoms with Gasteiger partial charge in [0.1, 0.15) is 5.75 Å². The number of nitro benzene ring substituents is 1. The molecule has 0 bridgehead atoms. The van der Waals surface area contributed by atoms with Gasteiger partial charge in [-0.25, -0.2) is 0 Å². The molecule has 0 fully saturated rings. The van der Waals surface area contributed by atoms with Crippen LogP contribution in [0.3, 0.4) is 0 Å². The van der Waals surface area contributed by atoms with E-state index in [1.54, 1.807) is 18.2 Å². The van der Waals surface area contributed by atoms with Crippen molar-refractivity contribution in [3.63, 3.8) is 0 Å². The lowest BCUT2D eigenvalue weighted by Crippen LogP contribution is -1.96. The molecule has 27 heavy (non-hydrogen) atoms. The van der Waals surface area contributed by atoms with Crippen LogP contribution in [0.4, 0.5) is 5.69 Å². The minimum absolute atomic E-state index is 0.00927. The van der Waals surface area contributed by atoms with Crippen LogP contribution in [0.2, 0.25) is 0 Å². The number of carbonyl (C=O) groups is 1. The molecule has 0 amide bonds. The Morgan fingerprint density at radius 3 is 2.41 bits per heavy atom. The van der Waals surface area contributed by atoms with Gasteiger partial charge in [-0.3, -0.25) is 14.9 Å². The zero-order valence-electron chi connectivity index (χ0n) is 15.3. The van der Waals surface area contributed by atoms with Crippen LogP contribution in [0.1, 0.15) is 38.2 Å². The molecule has 0 N–H and O–H groups in total. The Kier molecular flexibility index (Phi) is 8.58. The lowest BCUT2D eigenvalue weighted by Gasteiger charge is -2.06. The van der Waals surface area contributed by atoms with Gasteiger partial charge in [0, 0.05) is 17.0 Å². The molecule has 0 radical (unpaired) electrons. The fraction of sp³-hybridized carbons (Fsp3) is 0.286. The third-order valence-corrected chi connectivity index (χ3v) is 4.67. The van der Waals surface area contributed by atoms with E-state index in [1.807, 2.05) is 24.3 Å². The highest BCUT2D eigenvalue weighted by molar-refractivity contribution is 8.14. The molecule has 2 aromatic carbocycles. The van der Waals surface area contributed by atoms with Crippen molar-refractivity contribution in [2.24, 2.45) is 0 Å². The van der Waals surface area contributed by atoms with Crippen LogP contribution in [0.5, 0.6) is 5.75 Å². The van der Waals surface area contributed by atoms with Gasteiger partial charge < -0.3 is 4.74 Å². The first-order chi connectivity index (χ1) is 13.1. The number of non-ortho nitro benzene ring substituents is 1. The molecular formula is C21H23NO4S. The number of nitro groups is 1. The lowest BCUT2D eigenvalue weighted by molar-refractivity contribution is -0.384. The predicted octanol–water partition coefficient (Wildman–Crippen LogP) is 5.89. The Labute approximate surface area is 163 Å². The number of rotatable bonds is 10. The van der Waals surface area contributed by atoms with E-state index in [4.69, 9.17) is 4.74 Å². The predicted molar refractivity (Wildman–Crippen MR) is 109 cm³/mol. The van der Waals surface area contributed by atoms with Crippen LogP contribution < -0.4 is 4.74 Å². The zero-order chi connectivity index (χ0) is 19.5. The number of thioether (sulfide) groups is 1.